The van der Waals surface area contributed by atoms with Gasteiger partial charge in [-0.25, -0.2) is 5.43 Å². The summed E-state index contributed by atoms with van der Waals surface area (Å²) in [6, 6.07) is 15.5. The van der Waals surface area contributed by atoms with Gasteiger partial charge in [0.2, 0.25) is 5.91 Å². The topological polar surface area (TPSA) is 46.4 Å². The van der Waals surface area contributed by atoms with Crippen molar-refractivity contribution in [3.8, 4) is 5.69 Å². The molecule has 0 spiro atoms. The van der Waals surface area contributed by atoms with E-state index in [-0.39, 0.29) is 5.91 Å². The molecule has 0 aliphatic rings. The number of hydrazone groups is 1. The monoisotopic (exact) mass is 523 g/mol. The summed E-state index contributed by atoms with van der Waals surface area (Å²) in [4.78, 5) is 12.1. The van der Waals surface area contributed by atoms with Gasteiger partial charge < -0.3 is 4.57 Å². The molecule has 1 aromatic heterocycles. The molecule has 0 atom stereocenters. The number of rotatable bonds is 7. The van der Waals surface area contributed by atoms with Crippen LogP contribution >= 0.6 is 50.9 Å². The van der Waals surface area contributed by atoms with Crippen LogP contribution in [0.2, 0.25) is 10.0 Å². The minimum absolute atomic E-state index is 0.144. The van der Waals surface area contributed by atoms with Crippen LogP contribution in [0.15, 0.2) is 58.1 Å². The number of thioether (sulfide) groups is 1. The highest BCUT2D eigenvalue weighted by Crippen LogP contribution is 2.31. The molecule has 8 heteroatoms. The first-order valence-corrected chi connectivity index (χ1v) is 11.8. The van der Waals surface area contributed by atoms with E-state index in [2.05, 4.69) is 26.5 Å². The highest BCUT2D eigenvalue weighted by Gasteiger charge is 2.13. The SMILES string of the molecule is Cc1cc(/C=N\NC(=O)CSCc2ccccc2Br)c(C)n1-c1cccc(Cl)c1Cl. The average Bonchev–Trinajstić information content (AvgIpc) is 2.99. The van der Waals surface area contributed by atoms with Crippen molar-refractivity contribution in [3.05, 3.63) is 85.6 Å². The Hall–Kier alpha value is -1.73. The van der Waals surface area contributed by atoms with E-state index in [0.29, 0.717) is 15.8 Å². The van der Waals surface area contributed by atoms with Crippen LogP contribution in [-0.2, 0) is 10.5 Å². The summed E-state index contributed by atoms with van der Waals surface area (Å²) >= 11 is 17.6. The molecule has 1 amide bonds. The predicted octanol–water partition coefficient (Wildman–Crippen LogP) is 6.55. The summed E-state index contributed by atoms with van der Waals surface area (Å²) in [6.45, 7) is 3.96. The van der Waals surface area contributed by atoms with E-state index in [1.165, 1.54) is 11.8 Å². The molecule has 0 bridgehead atoms. The van der Waals surface area contributed by atoms with Gasteiger partial charge in [-0.05, 0) is 43.7 Å². The molecular formula is C22H20BrCl2N3OS. The standard InChI is InChI=1S/C22H20BrCl2N3OS/c1-14-10-17(15(2)28(14)20-9-5-8-19(24)22(20)25)11-26-27-21(29)13-30-12-16-6-3-4-7-18(16)23/h3-11H,12-13H2,1-2H3,(H,27,29)/b26-11-. The van der Waals surface area contributed by atoms with Gasteiger partial charge in [0, 0.05) is 27.2 Å². The second kappa shape index (κ2) is 10.5. The van der Waals surface area contributed by atoms with Crippen molar-refractivity contribution in [3.63, 3.8) is 0 Å². The Bertz CT molecular complexity index is 1100. The van der Waals surface area contributed by atoms with Crippen LogP contribution in [0.3, 0.4) is 0 Å². The predicted molar refractivity (Wildman–Crippen MR) is 131 cm³/mol. The first-order valence-electron chi connectivity index (χ1n) is 9.15. The number of aromatic nitrogens is 1. The van der Waals surface area contributed by atoms with E-state index in [1.54, 1.807) is 12.3 Å². The summed E-state index contributed by atoms with van der Waals surface area (Å²) in [5.74, 6) is 0.936. The van der Waals surface area contributed by atoms with Gasteiger partial charge in [-0.1, -0.05) is 63.4 Å². The van der Waals surface area contributed by atoms with Gasteiger partial charge >= 0.3 is 0 Å². The number of halogens is 3. The van der Waals surface area contributed by atoms with Crippen LogP contribution in [0.1, 0.15) is 22.5 Å². The van der Waals surface area contributed by atoms with Crippen molar-refractivity contribution in [2.45, 2.75) is 19.6 Å². The van der Waals surface area contributed by atoms with Crippen molar-refractivity contribution < 1.29 is 4.79 Å². The quantitative estimate of drug-likeness (QED) is 0.281. The zero-order valence-corrected chi connectivity index (χ0v) is 20.4. The first-order chi connectivity index (χ1) is 14.4. The molecule has 0 aliphatic heterocycles. The minimum Gasteiger partial charge on any atom is -0.316 e. The molecule has 0 unspecified atom stereocenters. The maximum atomic E-state index is 12.1. The van der Waals surface area contributed by atoms with E-state index in [9.17, 15) is 4.79 Å². The number of hydrogen-bond acceptors (Lipinski definition) is 3. The number of hydrogen-bond donors (Lipinski definition) is 1. The average molecular weight is 525 g/mol. The summed E-state index contributed by atoms with van der Waals surface area (Å²) < 4.78 is 3.07. The van der Waals surface area contributed by atoms with E-state index in [0.717, 1.165) is 38.4 Å². The van der Waals surface area contributed by atoms with Crippen LogP contribution in [0, 0.1) is 13.8 Å². The number of benzene rings is 2. The molecule has 0 fully saturated rings. The Morgan fingerprint density at radius 3 is 2.73 bits per heavy atom. The molecule has 0 aliphatic carbocycles. The van der Waals surface area contributed by atoms with Crippen LogP contribution in [0.4, 0.5) is 0 Å². The lowest BCUT2D eigenvalue weighted by Crippen LogP contribution is -2.19. The molecular weight excluding hydrogens is 505 g/mol. The van der Waals surface area contributed by atoms with Gasteiger partial charge in [0.1, 0.15) is 0 Å². The maximum Gasteiger partial charge on any atom is 0.250 e. The Morgan fingerprint density at radius 1 is 1.20 bits per heavy atom. The van der Waals surface area contributed by atoms with Crippen LogP contribution in [0.5, 0.6) is 0 Å². The van der Waals surface area contributed by atoms with Gasteiger partial charge in [-0.15, -0.1) is 11.8 Å². The molecule has 1 N–H and O–H groups in total. The van der Waals surface area contributed by atoms with Crippen molar-refractivity contribution in [2.24, 2.45) is 5.10 Å². The second-order valence-electron chi connectivity index (χ2n) is 6.61. The highest BCUT2D eigenvalue weighted by atomic mass is 79.9. The molecule has 0 radical (unpaired) electrons. The molecule has 0 saturated heterocycles. The molecule has 3 rings (SSSR count). The molecule has 156 valence electrons. The van der Waals surface area contributed by atoms with Gasteiger partial charge in [-0.2, -0.15) is 5.10 Å². The third kappa shape index (κ3) is 5.49. The summed E-state index contributed by atoms with van der Waals surface area (Å²) in [5.41, 5.74) is 7.40. The van der Waals surface area contributed by atoms with Crippen molar-refractivity contribution in [1.82, 2.24) is 9.99 Å². The van der Waals surface area contributed by atoms with Crippen LogP contribution in [-0.4, -0.2) is 22.4 Å². The number of amides is 1. The zero-order chi connectivity index (χ0) is 21.7. The van der Waals surface area contributed by atoms with E-state index in [4.69, 9.17) is 23.2 Å². The first kappa shape index (κ1) is 22.9. The smallest absolute Gasteiger partial charge is 0.250 e. The lowest BCUT2D eigenvalue weighted by atomic mass is 10.2. The Balaban J connectivity index is 1.61. The summed E-state index contributed by atoms with van der Waals surface area (Å²) in [6.07, 6.45) is 1.65. The van der Waals surface area contributed by atoms with Gasteiger partial charge in [0.05, 0.1) is 27.7 Å². The minimum atomic E-state index is -0.144. The van der Waals surface area contributed by atoms with Crippen molar-refractivity contribution in [2.75, 3.05) is 5.75 Å². The van der Waals surface area contributed by atoms with E-state index < -0.39 is 0 Å². The molecule has 1 heterocycles. The number of carbonyl (C=O) groups is 1. The Kier molecular flexibility index (Phi) is 8.06. The van der Waals surface area contributed by atoms with Gasteiger partial charge in [0.15, 0.2) is 0 Å². The number of carbonyl (C=O) groups excluding carboxylic acids is 1. The van der Waals surface area contributed by atoms with Crippen molar-refractivity contribution >= 4 is 63.0 Å². The maximum absolute atomic E-state index is 12.1. The second-order valence-corrected chi connectivity index (χ2v) is 9.24. The molecule has 3 aromatic rings. The van der Waals surface area contributed by atoms with E-state index >= 15 is 0 Å². The Morgan fingerprint density at radius 2 is 1.97 bits per heavy atom. The van der Waals surface area contributed by atoms with E-state index in [1.807, 2.05) is 60.9 Å². The zero-order valence-electron chi connectivity index (χ0n) is 16.5. The van der Waals surface area contributed by atoms with Crippen LogP contribution in [0.25, 0.3) is 5.69 Å². The lowest BCUT2D eigenvalue weighted by molar-refractivity contribution is -0.118. The number of nitrogens with one attached hydrogen (secondary N) is 1. The molecule has 30 heavy (non-hydrogen) atoms. The number of nitrogens with zero attached hydrogens (tertiary/aromatic N) is 2. The largest absolute Gasteiger partial charge is 0.316 e. The summed E-state index contributed by atoms with van der Waals surface area (Å²) in [7, 11) is 0. The summed E-state index contributed by atoms with van der Waals surface area (Å²) in [5, 5.41) is 5.12. The molecule has 2 aromatic carbocycles. The highest BCUT2D eigenvalue weighted by molar-refractivity contribution is 9.10. The fraction of sp³-hybridized carbons (Fsp3) is 0.182. The molecule has 0 saturated carbocycles. The van der Waals surface area contributed by atoms with Crippen molar-refractivity contribution in [1.29, 1.82) is 0 Å². The lowest BCUT2D eigenvalue weighted by Gasteiger charge is -2.12. The van der Waals surface area contributed by atoms with Gasteiger partial charge in [0.25, 0.3) is 0 Å². The third-order valence-electron chi connectivity index (χ3n) is 4.48. The van der Waals surface area contributed by atoms with Gasteiger partial charge in [-0.3, -0.25) is 4.79 Å². The third-order valence-corrected chi connectivity index (χ3v) is 7.05. The fourth-order valence-corrected chi connectivity index (χ4v) is 4.84. The Labute approximate surface area is 198 Å². The fourth-order valence-electron chi connectivity index (χ4n) is 3.03. The van der Waals surface area contributed by atoms with Crippen LogP contribution < -0.4 is 5.43 Å². The number of aryl methyl sites for hydroxylation is 1. The molecule has 4 nitrogen and oxygen atoms in total. The normalized spacial score (nSPS) is 11.2.